The molecule has 0 N–H and O–H groups in total. The quantitative estimate of drug-likeness (QED) is 0.727. The molecule has 7 heteroatoms. The van der Waals surface area contributed by atoms with Gasteiger partial charge in [-0.2, -0.15) is 4.98 Å². The average molecular weight is 331 g/mol. The summed E-state index contributed by atoms with van der Waals surface area (Å²) < 4.78 is 21.3. The number of hydrogen-bond acceptors (Lipinski definition) is 6. The second-order valence-electron chi connectivity index (χ2n) is 4.84. The number of benzene rings is 2. The van der Waals surface area contributed by atoms with E-state index in [-0.39, 0.29) is 6.79 Å². The third-order valence-corrected chi connectivity index (χ3v) is 3.68. The number of halogens is 1. The van der Waals surface area contributed by atoms with Crippen LogP contribution in [0.15, 0.2) is 40.9 Å². The highest BCUT2D eigenvalue weighted by Crippen LogP contribution is 2.36. The minimum atomic E-state index is 0.218. The van der Waals surface area contributed by atoms with Crippen LogP contribution >= 0.6 is 11.6 Å². The number of methoxy groups -OCH3 is 1. The minimum Gasteiger partial charge on any atom is -0.496 e. The van der Waals surface area contributed by atoms with E-state index in [0.717, 1.165) is 5.56 Å². The number of aromatic nitrogens is 2. The second kappa shape index (κ2) is 5.48. The largest absolute Gasteiger partial charge is 0.496 e. The summed E-state index contributed by atoms with van der Waals surface area (Å²) >= 11 is 6.04. The van der Waals surface area contributed by atoms with Gasteiger partial charge in [0.2, 0.25) is 12.6 Å². The van der Waals surface area contributed by atoms with Gasteiger partial charge >= 0.3 is 0 Å². The van der Waals surface area contributed by atoms with Crippen molar-refractivity contribution in [3.05, 3.63) is 41.4 Å². The van der Waals surface area contributed by atoms with Crippen molar-refractivity contribution in [2.75, 3.05) is 13.9 Å². The molecule has 0 amide bonds. The Labute approximate surface area is 136 Å². The predicted octanol–water partition coefficient (Wildman–Crippen LogP) is 3.79. The summed E-state index contributed by atoms with van der Waals surface area (Å²) in [4.78, 5) is 4.41. The molecule has 0 radical (unpaired) electrons. The topological polar surface area (TPSA) is 66.6 Å². The summed E-state index contributed by atoms with van der Waals surface area (Å²) in [6.07, 6.45) is 0. The first-order valence-corrected chi connectivity index (χ1v) is 7.20. The van der Waals surface area contributed by atoms with Crippen LogP contribution in [0.1, 0.15) is 0 Å². The summed E-state index contributed by atoms with van der Waals surface area (Å²) in [6, 6.07) is 10.7. The molecule has 0 saturated heterocycles. The van der Waals surface area contributed by atoms with Crippen LogP contribution in [0, 0.1) is 0 Å². The fourth-order valence-electron chi connectivity index (χ4n) is 2.33. The molecule has 1 aliphatic rings. The monoisotopic (exact) mass is 330 g/mol. The number of nitrogens with zero attached hydrogens (tertiary/aromatic N) is 2. The van der Waals surface area contributed by atoms with Crippen LogP contribution in [-0.4, -0.2) is 24.0 Å². The summed E-state index contributed by atoms with van der Waals surface area (Å²) in [5, 5.41) is 4.57. The molecule has 0 saturated carbocycles. The van der Waals surface area contributed by atoms with Crippen molar-refractivity contribution < 1.29 is 18.7 Å². The lowest BCUT2D eigenvalue weighted by Crippen LogP contribution is -1.92. The van der Waals surface area contributed by atoms with Crippen LogP contribution in [0.5, 0.6) is 17.2 Å². The van der Waals surface area contributed by atoms with E-state index >= 15 is 0 Å². The number of rotatable bonds is 3. The van der Waals surface area contributed by atoms with Gasteiger partial charge in [-0.3, -0.25) is 0 Å². The van der Waals surface area contributed by atoms with Gasteiger partial charge in [-0.15, -0.1) is 0 Å². The van der Waals surface area contributed by atoms with E-state index in [1.807, 2.05) is 18.2 Å². The van der Waals surface area contributed by atoms with Crippen LogP contribution in [-0.2, 0) is 0 Å². The van der Waals surface area contributed by atoms with Crippen LogP contribution in [0.2, 0.25) is 5.02 Å². The summed E-state index contributed by atoms with van der Waals surface area (Å²) in [5.41, 5.74) is 1.41. The maximum atomic E-state index is 6.04. The van der Waals surface area contributed by atoms with Crippen molar-refractivity contribution in [3.8, 4) is 40.1 Å². The number of hydrogen-bond donors (Lipinski definition) is 0. The highest BCUT2D eigenvalue weighted by molar-refractivity contribution is 6.30. The zero-order valence-corrected chi connectivity index (χ0v) is 12.8. The van der Waals surface area contributed by atoms with E-state index in [0.29, 0.717) is 39.5 Å². The highest BCUT2D eigenvalue weighted by Gasteiger charge is 2.18. The third-order valence-electron chi connectivity index (χ3n) is 3.45. The van der Waals surface area contributed by atoms with Crippen molar-refractivity contribution in [3.63, 3.8) is 0 Å². The number of fused-ring (bicyclic) bond motifs is 1. The van der Waals surface area contributed by atoms with Crippen molar-refractivity contribution in [1.29, 1.82) is 0 Å². The molecule has 0 spiro atoms. The Morgan fingerprint density at radius 2 is 1.96 bits per heavy atom. The van der Waals surface area contributed by atoms with E-state index < -0.39 is 0 Å². The standard InChI is InChI=1S/C16H11ClN2O4/c1-20-12-5-3-10(17)7-11(12)16-18-15(19-23-16)9-2-4-13-14(6-9)22-8-21-13/h2-7H,8H2,1H3. The van der Waals surface area contributed by atoms with Crippen LogP contribution in [0.3, 0.4) is 0 Å². The van der Waals surface area contributed by atoms with Gasteiger partial charge in [-0.05, 0) is 36.4 Å². The fourth-order valence-corrected chi connectivity index (χ4v) is 2.51. The molecular weight excluding hydrogens is 320 g/mol. The molecule has 1 aliphatic heterocycles. The van der Waals surface area contributed by atoms with Crippen molar-refractivity contribution in [2.24, 2.45) is 0 Å². The molecular formula is C16H11ClN2O4. The zero-order chi connectivity index (χ0) is 15.8. The molecule has 6 nitrogen and oxygen atoms in total. The van der Waals surface area contributed by atoms with Gasteiger partial charge in [0, 0.05) is 10.6 Å². The molecule has 2 aromatic carbocycles. The molecule has 0 atom stereocenters. The molecule has 23 heavy (non-hydrogen) atoms. The van der Waals surface area contributed by atoms with Crippen LogP contribution in [0.25, 0.3) is 22.8 Å². The third kappa shape index (κ3) is 2.47. The van der Waals surface area contributed by atoms with Gasteiger partial charge < -0.3 is 18.7 Å². The Kier molecular flexibility index (Phi) is 3.31. The Morgan fingerprint density at radius 1 is 1.09 bits per heavy atom. The van der Waals surface area contributed by atoms with Gasteiger partial charge in [0.15, 0.2) is 11.5 Å². The Morgan fingerprint density at radius 3 is 2.83 bits per heavy atom. The van der Waals surface area contributed by atoms with Crippen LogP contribution in [0.4, 0.5) is 0 Å². The van der Waals surface area contributed by atoms with E-state index in [1.54, 1.807) is 25.3 Å². The van der Waals surface area contributed by atoms with E-state index in [9.17, 15) is 0 Å². The van der Waals surface area contributed by atoms with E-state index in [2.05, 4.69) is 10.1 Å². The van der Waals surface area contributed by atoms with Gasteiger partial charge in [0.25, 0.3) is 5.89 Å². The molecule has 0 unspecified atom stereocenters. The first kappa shape index (κ1) is 13.9. The normalized spacial score (nSPS) is 12.4. The summed E-state index contributed by atoms with van der Waals surface area (Å²) in [5.74, 6) is 2.75. The van der Waals surface area contributed by atoms with Crippen LogP contribution < -0.4 is 14.2 Å². The summed E-state index contributed by atoms with van der Waals surface area (Å²) in [6.45, 7) is 0.218. The van der Waals surface area contributed by atoms with Gasteiger partial charge in [-0.1, -0.05) is 16.8 Å². The molecule has 0 aliphatic carbocycles. The fraction of sp³-hybridized carbons (Fsp3) is 0.125. The molecule has 1 aromatic heterocycles. The lowest BCUT2D eigenvalue weighted by Gasteiger charge is -2.04. The van der Waals surface area contributed by atoms with Gasteiger partial charge in [0.05, 0.1) is 12.7 Å². The maximum Gasteiger partial charge on any atom is 0.262 e. The zero-order valence-electron chi connectivity index (χ0n) is 12.1. The summed E-state index contributed by atoms with van der Waals surface area (Å²) in [7, 11) is 1.57. The first-order chi connectivity index (χ1) is 11.2. The van der Waals surface area contributed by atoms with E-state index in [1.165, 1.54) is 0 Å². The predicted molar refractivity (Wildman–Crippen MR) is 82.9 cm³/mol. The molecule has 3 aromatic rings. The van der Waals surface area contributed by atoms with E-state index in [4.69, 9.17) is 30.3 Å². The molecule has 0 fully saturated rings. The Bertz CT molecular complexity index is 878. The smallest absolute Gasteiger partial charge is 0.262 e. The lowest BCUT2D eigenvalue weighted by molar-refractivity contribution is 0.174. The van der Waals surface area contributed by atoms with Crippen molar-refractivity contribution >= 4 is 11.6 Å². The first-order valence-electron chi connectivity index (χ1n) is 6.82. The average Bonchev–Trinajstić information content (AvgIpc) is 3.23. The Balaban J connectivity index is 1.74. The number of ether oxygens (including phenoxy) is 3. The Hall–Kier alpha value is -2.73. The molecule has 116 valence electrons. The second-order valence-corrected chi connectivity index (χ2v) is 5.27. The lowest BCUT2D eigenvalue weighted by atomic mass is 10.2. The van der Waals surface area contributed by atoms with Gasteiger partial charge in [0.1, 0.15) is 5.75 Å². The minimum absolute atomic E-state index is 0.218. The molecule has 4 rings (SSSR count). The maximum absolute atomic E-state index is 6.04. The highest BCUT2D eigenvalue weighted by atomic mass is 35.5. The van der Waals surface area contributed by atoms with Crippen molar-refractivity contribution in [2.45, 2.75) is 0 Å². The molecule has 2 heterocycles. The molecule has 0 bridgehead atoms. The van der Waals surface area contributed by atoms with Gasteiger partial charge in [-0.25, -0.2) is 0 Å². The SMILES string of the molecule is COc1ccc(Cl)cc1-c1nc(-c2ccc3c(c2)OCO3)no1. The van der Waals surface area contributed by atoms with Crippen molar-refractivity contribution in [1.82, 2.24) is 10.1 Å².